The molecule has 2 rings (SSSR count). The van der Waals surface area contributed by atoms with E-state index in [2.05, 4.69) is 4.72 Å². The van der Waals surface area contributed by atoms with Crippen LogP contribution in [0, 0.1) is 5.82 Å². The number of benzene rings is 2. The molecule has 0 spiro atoms. The van der Waals surface area contributed by atoms with Crippen LogP contribution >= 0.6 is 11.6 Å². The van der Waals surface area contributed by atoms with Gasteiger partial charge >= 0.3 is 0 Å². The van der Waals surface area contributed by atoms with Crippen molar-refractivity contribution in [1.29, 1.82) is 0 Å². The molecule has 3 N–H and O–H groups in total. The third kappa shape index (κ3) is 3.32. The zero-order valence-electron chi connectivity index (χ0n) is 10.5. The fourth-order valence-corrected chi connectivity index (χ4v) is 3.09. The van der Waals surface area contributed by atoms with E-state index in [4.69, 9.17) is 17.3 Å². The number of para-hydroxylation sites is 1. The van der Waals surface area contributed by atoms with Crippen molar-refractivity contribution in [3.8, 4) is 0 Å². The molecule has 5 nitrogen and oxygen atoms in total. The number of nitrogens with two attached hydrogens (primary N) is 1. The normalized spacial score (nSPS) is 11.1. The molecule has 0 radical (unpaired) electrons. The molecule has 0 fully saturated rings. The van der Waals surface area contributed by atoms with E-state index in [0.29, 0.717) is 0 Å². The standard InChI is InChI=1S/C13H10ClFN2O3S/c14-8-5-6-10(15)12(7-8)21(19,20)17-11-4-2-1-3-9(11)13(16)18/h1-7,17H,(H2,16,18). The summed E-state index contributed by atoms with van der Waals surface area (Å²) < 4.78 is 40.2. The van der Waals surface area contributed by atoms with E-state index >= 15 is 0 Å². The Balaban J connectivity index is 2.48. The second-order valence-electron chi connectivity index (χ2n) is 4.09. The van der Waals surface area contributed by atoms with Crippen LogP contribution in [0.3, 0.4) is 0 Å². The number of hydrogen-bond acceptors (Lipinski definition) is 3. The van der Waals surface area contributed by atoms with Crippen molar-refractivity contribution in [3.63, 3.8) is 0 Å². The summed E-state index contributed by atoms with van der Waals surface area (Å²) in [6.07, 6.45) is 0. The Kier molecular flexibility index (Phi) is 4.15. The van der Waals surface area contributed by atoms with Crippen LogP contribution in [0.1, 0.15) is 10.4 Å². The van der Waals surface area contributed by atoms with Gasteiger partial charge in [0.2, 0.25) is 0 Å². The molecule has 21 heavy (non-hydrogen) atoms. The van der Waals surface area contributed by atoms with Crippen LogP contribution in [0.2, 0.25) is 5.02 Å². The molecule has 2 aromatic rings. The van der Waals surface area contributed by atoms with Crippen LogP contribution in [0.25, 0.3) is 0 Å². The topological polar surface area (TPSA) is 89.3 Å². The molecule has 2 aromatic carbocycles. The van der Waals surface area contributed by atoms with Crippen LogP contribution in [0.4, 0.5) is 10.1 Å². The van der Waals surface area contributed by atoms with Crippen molar-refractivity contribution in [3.05, 3.63) is 58.9 Å². The monoisotopic (exact) mass is 328 g/mol. The van der Waals surface area contributed by atoms with Crippen LogP contribution in [0.15, 0.2) is 47.4 Å². The first kappa shape index (κ1) is 15.3. The summed E-state index contributed by atoms with van der Waals surface area (Å²) in [5.41, 5.74) is 5.10. The Hall–Kier alpha value is -2.12. The van der Waals surface area contributed by atoms with Gasteiger partial charge in [0.15, 0.2) is 0 Å². The van der Waals surface area contributed by atoms with Gasteiger partial charge in [0, 0.05) is 5.02 Å². The summed E-state index contributed by atoms with van der Waals surface area (Å²) in [7, 11) is -4.24. The second kappa shape index (κ2) is 5.71. The van der Waals surface area contributed by atoms with Crippen molar-refractivity contribution in [1.82, 2.24) is 0 Å². The first-order chi connectivity index (χ1) is 9.81. The molecule has 0 saturated heterocycles. The molecule has 0 saturated carbocycles. The summed E-state index contributed by atoms with van der Waals surface area (Å²) in [6.45, 7) is 0. The molecular weight excluding hydrogens is 319 g/mol. The van der Waals surface area contributed by atoms with Gasteiger partial charge in [-0.05, 0) is 30.3 Å². The Bertz CT molecular complexity index is 809. The van der Waals surface area contributed by atoms with Crippen LogP contribution in [-0.2, 0) is 10.0 Å². The van der Waals surface area contributed by atoms with E-state index in [-0.39, 0.29) is 16.3 Å². The maximum Gasteiger partial charge on any atom is 0.264 e. The predicted molar refractivity (Wildman–Crippen MR) is 77.2 cm³/mol. The number of amides is 1. The van der Waals surface area contributed by atoms with Gasteiger partial charge in [-0.1, -0.05) is 23.7 Å². The van der Waals surface area contributed by atoms with Gasteiger partial charge in [0.05, 0.1) is 11.3 Å². The summed E-state index contributed by atoms with van der Waals surface area (Å²) in [4.78, 5) is 10.6. The number of rotatable bonds is 4. The van der Waals surface area contributed by atoms with E-state index < -0.39 is 26.6 Å². The first-order valence-electron chi connectivity index (χ1n) is 5.68. The Morgan fingerprint density at radius 1 is 1.19 bits per heavy atom. The summed E-state index contributed by atoms with van der Waals surface area (Å²) in [5, 5.41) is 0.0694. The number of hydrogen-bond donors (Lipinski definition) is 2. The van der Waals surface area contributed by atoms with Gasteiger partial charge in [-0.2, -0.15) is 0 Å². The van der Waals surface area contributed by atoms with Crippen molar-refractivity contribution in [2.45, 2.75) is 4.90 Å². The van der Waals surface area contributed by atoms with E-state index in [1.165, 1.54) is 30.3 Å². The summed E-state index contributed by atoms with van der Waals surface area (Å²) in [5.74, 6) is -1.76. The van der Waals surface area contributed by atoms with E-state index in [1.54, 1.807) is 0 Å². The molecule has 0 aliphatic heterocycles. The van der Waals surface area contributed by atoms with Gasteiger partial charge in [-0.25, -0.2) is 12.8 Å². The van der Waals surface area contributed by atoms with Crippen molar-refractivity contribution < 1.29 is 17.6 Å². The second-order valence-corrected chi connectivity index (χ2v) is 6.18. The number of halogens is 2. The highest BCUT2D eigenvalue weighted by atomic mass is 35.5. The molecule has 0 aliphatic carbocycles. The maximum atomic E-state index is 13.7. The van der Waals surface area contributed by atoms with Crippen LogP contribution in [0.5, 0.6) is 0 Å². The number of carbonyl (C=O) groups is 1. The highest BCUT2D eigenvalue weighted by Crippen LogP contribution is 2.24. The van der Waals surface area contributed by atoms with E-state index in [9.17, 15) is 17.6 Å². The number of nitrogens with one attached hydrogen (secondary N) is 1. The average Bonchev–Trinajstić information content (AvgIpc) is 2.41. The zero-order chi connectivity index (χ0) is 15.6. The van der Waals surface area contributed by atoms with Gasteiger partial charge < -0.3 is 5.73 Å². The van der Waals surface area contributed by atoms with Crippen molar-refractivity contribution >= 4 is 33.2 Å². The average molecular weight is 329 g/mol. The highest BCUT2D eigenvalue weighted by Gasteiger charge is 2.21. The Labute approximate surface area is 125 Å². The largest absolute Gasteiger partial charge is 0.366 e. The fraction of sp³-hybridized carbons (Fsp3) is 0. The van der Waals surface area contributed by atoms with Gasteiger partial charge in [-0.3, -0.25) is 9.52 Å². The minimum atomic E-state index is -4.24. The highest BCUT2D eigenvalue weighted by molar-refractivity contribution is 7.92. The molecule has 0 bridgehead atoms. The van der Waals surface area contributed by atoms with E-state index in [1.807, 2.05) is 0 Å². The zero-order valence-corrected chi connectivity index (χ0v) is 12.1. The molecule has 0 aromatic heterocycles. The lowest BCUT2D eigenvalue weighted by Gasteiger charge is -2.11. The quantitative estimate of drug-likeness (QED) is 0.903. The number of anilines is 1. The predicted octanol–water partition coefficient (Wildman–Crippen LogP) is 2.38. The molecule has 0 atom stereocenters. The third-order valence-electron chi connectivity index (χ3n) is 2.62. The van der Waals surface area contributed by atoms with E-state index in [0.717, 1.165) is 12.1 Å². The van der Waals surface area contributed by atoms with Gasteiger partial charge in [0.25, 0.3) is 15.9 Å². The van der Waals surface area contributed by atoms with Crippen molar-refractivity contribution in [2.24, 2.45) is 5.73 Å². The summed E-state index contributed by atoms with van der Waals surface area (Å²) >= 11 is 5.67. The van der Waals surface area contributed by atoms with Crippen molar-refractivity contribution in [2.75, 3.05) is 4.72 Å². The first-order valence-corrected chi connectivity index (χ1v) is 7.54. The van der Waals surface area contributed by atoms with Crippen LogP contribution in [-0.4, -0.2) is 14.3 Å². The Morgan fingerprint density at radius 2 is 1.86 bits per heavy atom. The number of sulfonamides is 1. The molecule has 0 unspecified atom stereocenters. The minimum absolute atomic E-state index is 0.0245. The SMILES string of the molecule is NC(=O)c1ccccc1NS(=O)(=O)c1cc(Cl)ccc1F. The third-order valence-corrected chi connectivity index (χ3v) is 4.24. The summed E-state index contributed by atoms with van der Waals surface area (Å²) in [6, 6.07) is 8.89. The molecule has 0 aliphatic rings. The minimum Gasteiger partial charge on any atom is -0.366 e. The fourth-order valence-electron chi connectivity index (χ4n) is 1.67. The van der Waals surface area contributed by atoms with Crippen LogP contribution < -0.4 is 10.5 Å². The smallest absolute Gasteiger partial charge is 0.264 e. The Morgan fingerprint density at radius 3 is 2.52 bits per heavy atom. The molecule has 1 amide bonds. The molecule has 0 heterocycles. The molecule has 110 valence electrons. The lowest BCUT2D eigenvalue weighted by Crippen LogP contribution is -2.19. The molecule has 8 heteroatoms. The lowest BCUT2D eigenvalue weighted by molar-refractivity contribution is 0.100. The van der Waals surface area contributed by atoms with Gasteiger partial charge in [0.1, 0.15) is 10.7 Å². The molecular formula is C13H10ClFN2O3S. The number of primary amides is 1. The van der Waals surface area contributed by atoms with Gasteiger partial charge in [-0.15, -0.1) is 0 Å². The number of carbonyl (C=O) groups excluding carboxylic acids is 1. The lowest BCUT2D eigenvalue weighted by atomic mass is 10.2. The maximum absolute atomic E-state index is 13.7.